The molecule has 1 heterocycles. The van der Waals surface area contributed by atoms with Crippen LogP contribution in [0.15, 0.2) is 23.1 Å². The summed E-state index contributed by atoms with van der Waals surface area (Å²) in [5, 5.41) is 2.78. The molecule has 0 spiro atoms. The molecule has 0 aromatic heterocycles. The molecule has 0 saturated carbocycles. The van der Waals surface area contributed by atoms with E-state index >= 15 is 0 Å². The lowest BCUT2D eigenvalue weighted by Crippen LogP contribution is -2.40. The second-order valence-corrected chi connectivity index (χ2v) is 7.92. The van der Waals surface area contributed by atoms with E-state index in [9.17, 15) is 13.2 Å². The third-order valence-electron chi connectivity index (χ3n) is 3.69. The van der Waals surface area contributed by atoms with Crippen molar-refractivity contribution >= 4 is 15.9 Å². The molecule has 134 valence electrons. The zero-order valence-electron chi connectivity index (χ0n) is 14.2. The highest BCUT2D eigenvalue weighted by Crippen LogP contribution is 2.25. The van der Waals surface area contributed by atoms with E-state index in [1.54, 1.807) is 0 Å². The average molecular weight is 356 g/mol. The highest BCUT2D eigenvalue weighted by atomic mass is 32.2. The number of carbonyl (C=O) groups excluding carboxylic acids is 1. The summed E-state index contributed by atoms with van der Waals surface area (Å²) >= 11 is 0. The number of hydrogen-bond donors (Lipinski definition) is 1. The van der Waals surface area contributed by atoms with Crippen LogP contribution in [0.3, 0.4) is 0 Å². The lowest BCUT2D eigenvalue weighted by Gasteiger charge is -2.26. The molecule has 1 aliphatic heterocycles. The summed E-state index contributed by atoms with van der Waals surface area (Å²) in [4.78, 5) is 12.4. The van der Waals surface area contributed by atoms with Gasteiger partial charge in [-0.05, 0) is 24.1 Å². The van der Waals surface area contributed by atoms with Crippen molar-refractivity contribution < 1.29 is 22.7 Å². The highest BCUT2D eigenvalue weighted by Gasteiger charge is 2.28. The molecule has 1 amide bonds. The fourth-order valence-electron chi connectivity index (χ4n) is 2.35. The molecule has 1 N–H and O–H groups in total. The average Bonchev–Trinajstić information content (AvgIpc) is 2.59. The van der Waals surface area contributed by atoms with E-state index in [2.05, 4.69) is 5.32 Å². The quantitative estimate of drug-likeness (QED) is 0.825. The minimum Gasteiger partial charge on any atom is -0.496 e. The van der Waals surface area contributed by atoms with Crippen LogP contribution in [0.2, 0.25) is 0 Å². The summed E-state index contributed by atoms with van der Waals surface area (Å²) in [6.45, 7) is 5.83. The van der Waals surface area contributed by atoms with Gasteiger partial charge in [-0.2, -0.15) is 4.31 Å². The van der Waals surface area contributed by atoms with Crippen LogP contribution in [0.4, 0.5) is 0 Å². The molecule has 1 aromatic rings. The lowest BCUT2D eigenvalue weighted by atomic mass is 10.1. The second-order valence-electron chi connectivity index (χ2n) is 5.98. The summed E-state index contributed by atoms with van der Waals surface area (Å²) in [5.74, 6) is 0.289. The zero-order chi connectivity index (χ0) is 17.7. The van der Waals surface area contributed by atoms with Crippen molar-refractivity contribution in [2.75, 3.05) is 40.0 Å². The molecule has 1 aromatic carbocycles. The van der Waals surface area contributed by atoms with Crippen molar-refractivity contribution in [3.05, 3.63) is 23.8 Å². The van der Waals surface area contributed by atoms with Crippen molar-refractivity contribution in [3.8, 4) is 5.75 Å². The maximum Gasteiger partial charge on any atom is 0.255 e. The number of nitrogens with zero attached hydrogens (tertiary/aromatic N) is 1. The second kappa shape index (κ2) is 7.96. The van der Waals surface area contributed by atoms with Crippen molar-refractivity contribution in [2.24, 2.45) is 5.92 Å². The molecular weight excluding hydrogens is 332 g/mol. The summed E-state index contributed by atoms with van der Waals surface area (Å²) in [5.41, 5.74) is 0.215. The smallest absolute Gasteiger partial charge is 0.255 e. The number of methoxy groups -OCH3 is 1. The number of ether oxygens (including phenoxy) is 2. The van der Waals surface area contributed by atoms with Crippen LogP contribution < -0.4 is 10.1 Å². The Morgan fingerprint density at radius 1 is 1.33 bits per heavy atom. The molecule has 0 radical (unpaired) electrons. The number of rotatable bonds is 6. The Labute approximate surface area is 143 Å². The van der Waals surface area contributed by atoms with Gasteiger partial charge in [-0.3, -0.25) is 4.79 Å². The van der Waals surface area contributed by atoms with Crippen LogP contribution in [-0.4, -0.2) is 58.6 Å². The number of hydrogen-bond acceptors (Lipinski definition) is 5. The number of morpholine rings is 1. The van der Waals surface area contributed by atoms with Crippen LogP contribution in [0.25, 0.3) is 0 Å². The Kier molecular flexibility index (Phi) is 6.20. The lowest BCUT2D eigenvalue weighted by molar-refractivity contribution is 0.0730. The Balaban J connectivity index is 2.31. The standard InChI is InChI=1S/C16H24N2O5S/c1-12(2)11-17-16(19)14-10-13(4-5-15(14)22-3)24(20,21)18-6-8-23-9-7-18/h4-5,10,12H,6-9,11H2,1-3H3,(H,17,19). The topological polar surface area (TPSA) is 84.9 Å². The van der Waals surface area contributed by atoms with Crippen molar-refractivity contribution in [2.45, 2.75) is 18.7 Å². The largest absolute Gasteiger partial charge is 0.496 e. The van der Waals surface area contributed by atoms with Gasteiger partial charge in [-0.15, -0.1) is 0 Å². The fraction of sp³-hybridized carbons (Fsp3) is 0.562. The van der Waals surface area contributed by atoms with Crippen LogP contribution in [0.1, 0.15) is 24.2 Å². The molecule has 8 heteroatoms. The van der Waals surface area contributed by atoms with E-state index in [4.69, 9.17) is 9.47 Å². The van der Waals surface area contributed by atoms with Gasteiger partial charge in [0.05, 0.1) is 30.8 Å². The van der Waals surface area contributed by atoms with E-state index in [0.717, 1.165) is 0 Å². The monoisotopic (exact) mass is 356 g/mol. The summed E-state index contributed by atoms with van der Waals surface area (Å²) in [6, 6.07) is 4.35. The Hall–Kier alpha value is -1.64. The van der Waals surface area contributed by atoms with E-state index in [0.29, 0.717) is 44.5 Å². The number of benzene rings is 1. The van der Waals surface area contributed by atoms with Gasteiger partial charge in [0.1, 0.15) is 5.75 Å². The maximum absolute atomic E-state index is 12.7. The molecule has 1 fully saturated rings. The molecule has 0 unspecified atom stereocenters. The Morgan fingerprint density at radius 2 is 2.00 bits per heavy atom. The number of nitrogens with one attached hydrogen (secondary N) is 1. The van der Waals surface area contributed by atoms with Gasteiger partial charge in [0.2, 0.25) is 10.0 Å². The van der Waals surface area contributed by atoms with Crippen molar-refractivity contribution in [3.63, 3.8) is 0 Å². The van der Waals surface area contributed by atoms with Gasteiger partial charge in [-0.25, -0.2) is 8.42 Å². The molecule has 1 saturated heterocycles. The molecule has 0 atom stereocenters. The molecule has 7 nitrogen and oxygen atoms in total. The maximum atomic E-state index is 12.7. The zero-order valence-corrected chi connectivity index (χ0v) is 15.1. The fourth-order valence-corrected chi connectivity index (χ4v) is 3.79. The summed E-state index contributed by atoms with van der Waals surface area (Å²) in [6.07, 6.45) is 0. The highest BCUT2D eigenvalue weighted by molar-refractivity contribution is 7.89. The van der Waals surface area contributed by atoms with E-state index in [1.165, 1.54) is 29.6 Å². The van der Waals surface area contributed by atoms with Crippen LogP contribution in [0.5, 0.6) is 5.75 Å². The SMILES string of the molecule is COc1ccc(S(=O)(=O)N2CCOCC2)cc1C(=O)NCC(C)C. The van der Waals surface area contributed by atoms with Gasteiger partial charge in [0, 0.05) is 19.6 Å². The molecule has 1 aliphatic rings. The first-order valence-electron chi connectivity index (χ1n) is 7.90. The van der Waals surface area contributed by atoms with Gasteiger partial charge in [0.25, 0.3) is 5.91 Å². The number of sulfonamides is 1. The molecule has 24 heavy (non-hydrogen) atoms. The third kappa shape index (κ3) is 4.25. The van der Waals surface area contributed by atoms with Gasteiger partial charge < -0.3 is 14.8 Å². The first-order chi connectivity index (χ1) is 11.4. The van der Waals surface area contributed by atoms with Gasteiger partial charge in [-0.1, -0.05) is 13.8 Å². The van der Waals surface area contributed by atoms with E-state index < -0.39 is 10.0 Å². The third-order valence-corrected chi connectivity index (χ3v) is 5.59. The van der Waals surface area contributed by atoms with Gasteiger partial charge in [0.15, 0.2) is 0 Å². The van der Waals surface area contributed by atoms with Gasteiger partial charge >= 0.3 is 0 Å². The summed E-state index contributed by atoms with van der Waals surface area (Å²) < 4.78 is 37.2. The normalized spacial score (nSPS) is 16.2. The minimum atomic E-state index is -3.66. The van der Waals surface area contributed by atoms with Crippen molar-refractivity contribution in [1.82, 2.24) is 9.62 Å². The Bertz CT molecular complexity index is 682. The van der Waals surface area contributed by atoms with Crippen molar-refractivity contribution in [1.29, 1.82) is 0 Å². The Morgan fingerprint density at radius 3 is 2.58 bits per heavy atom. The van der Waals surface area contributed by atoms with Crippen LogP contribution in [-0.2, 0) is 14.8 Å². The number of amides is 1. The predicted octanol–water partition coefficient (Wildman–Crippen LogP) is 1.10. The van der Waals surface area contributed by atoms with Crippen LogP contribution >= 0.6 is 0 Å². The predicted molar refractivity (Wildman–Crippen MR) is 89.7 cm³/mol. The molecule has 0 aliphatic carbocycles. The number of carbonyl (C=O) groups is 1. The van der Waals surface area contributed by atoms with E-state index in [1.807, 2.05) is 13.8 Å². The summed E-state index contributed by atoms with van der Waals surface area (Å²) in [7, 11) is -2.21. The first-order valence-corrected chi connectivity index (χ1v) is 9.34. The molecule has 2 rings (SSSR count). The molecule has 0 bridgehead atoms. The van der Waals surface area contributed by atoms with E-state index in [-0.39, 0.29) is 16.4 Å². The molecular formula is C16H24N2O5S. The first kappa shape index (κ1) is 18.7. The van der Waals surface area contributed by atoms with Crippen LogP contribution in [0, 0.1) is 5.92 Å². The minimum absolute atomic E-state index is 0.0832.